The van der Waals surface area contributed by atoms with Crippen LogP contribution in [0.5, 0.6) is 5.75 Å². The normalized spacial score (nSPS) is 12.1. The molecule has 2 N–H and O–H groups in total. The van der Waals surface area contributed by atoms with Gasteiger partial charge in [0.1, 0.15) is 5.75 Å². The molecular weight excluding hydrogens is 284 g/mol. The van der Waals surface area contributed by atoms with E-state index in [1.54, 1.807) is 21.0 Å². The van der Waals surface area contributed by atoms with E-state index in [1.807, 2.05) is 18.2 Å². The zero-order chi connectivity index (χ0) is 13.0. The topological polar surface area (TPSA) is 55.6 Å². The number of likely N-dealkylation sites (N-methyl/N-ethyl adjacent to an activating group) is 1. The number of ether oxygens (including phenoxy) is 1. The van der Waals surface area contributed by atoms with E-state index in [0.29, 0.717) is 12.3 Å². The zero-order valence-electron chi connectivity index (χ0n) is 10.2. The molecule has 0 aliphatic heterocycles. The summed E-state index contributed by atoms with van der Waals surface area (Å²) in [6, 6.07) is 5.58. The first-order valence-corrected chi connectivity index (χ1v) is 6.11. The van der Waals surface area contributed by atoms with Crippen molar-refractivity contribution in [1.82, 2.24) is 4.90 Å². The van der Waals surface area contributed by atoms with Crippen LogP contribution in [0, 0.1) is 0 Å². The quantitative estimate of drug-likeness (QED) is 0.922. The van der Waals surface area contributed by atoms with Gasteiger partial charge in [0.05, 0.1) is 4.47 Å². The van der Waals surface area contributed by atoms with Gasteiger partial charge in [0.2, 0.25) is 0 Å². The fourth-order valence-electron chi connectivity index (χ4n) is 1.37. The van der Waals surface area contributed by atoms with Crippen LogP contribution in [0.25, 0.3) is 0 Å². The Balaban J connectivity index is 2.78. The Kier molecular flexibility index (Phi) is 4.96. The monoisotopic (exact) mass is 300 g/mol. The molecule has 1 aromatic rings. The van der Waals surface area contributed by atoms with Crippen molar-refractivity contribution in [2.45, 2.75) is 19.6 Å². The maximum Gasteiger partial charge on any atom is 0.262 e. The maximum atomic E-state index is 11.6. The van der Waals surface area contributed by atoms with E-state index in [2.05, 4.69) is 15.9 Å². The predicted octanol–water partition coefficient (Wildman–Crippen LogP) is 1.76. The molecule has 0 bridgehead atoms. The first-order valence-electron chi connectivity index (χ1n) is 5.32. The largest absolute Gasteiger partial charge is 0.480 e. The number of amides is 1. The van der Waals surface area contributed by atoms with Gasteiger partial charge in [0.15, 0.2) is 6.10 Å². The lowest BCUT2D eigenvalue weighted by molar-refractivity contribution is -0.135. The molecule has 1 aromatic carbocycles. The molecule has 5 heteroatoms. The first-order chi connectivity index (χ1) is 7.95. The Hall–Kier alpha value is -1.07. The lowest BCUT2D eigenvalue weighted by Gasteiger charge is -2.19. The number of hydrogen-bond donors (Lipinski definition) is 1. The maximum absolute atomic E-state index is 11.6. The van der Waals surface area contributed by atoms with Crippen molar-refractivity contribution in [3.05, 3.63) is 28.2 Å². The highest BCUT2D eigenvalue weighted by Gasteiger charge is 2.17. The minimum Gasteiger partial charge on any atom is -0.480 e. The van der Waals surface area contributed by atoms with Crippen LogP contribution in [-0.2, 0) is 11.3 Å². The molecule has 94 valence electrons. The second-order valence-electron chi connectivity index (χ2n) is 3.96. The summed E-state index contributed by atoms with van der Waals surface area (Å²) in [5.41, 5.74) is 6.55. The van der Waals surface area contributed by atoms with Crippen LogP contribution < -0.4 is 10.5 Å². The summed E-state index contributed by atoms with van der Waals surface area (Å²) in [6.45, 7) is 2.21. The van der Waals surface area contributed by atoms with Crippen molar-refractivity contribution in [3.8, 4) is 5.75 Å². The third kappa shape index (κ3) is 3.71. The third-order valence-corrected chi connectivity index (χ3v) is 2.94. The van der Waals surface area contributed by atoms with Crippen molar-refractivity contribution in [3.63, 3.8) is 0 Å². The van der Waals surface area contributed by atoms with Gasteiger partial charge >= 0.3 is 0 Å². The number of hydrogen-bond acceptors (Lipinski definition) is 3. The van der Waals surface area contributed by atoms with Gasteiger partial charge in [-0.05, 0) is 40.5 Å². The molecule has 0 heterocycles. The number of halogens is 1. The van der Waals surface area contributed by atoms with Gasteiger partial charge in [-0.25, -0.2) is 0 Å². The third-order valence-electron chi connectivity index (χ3n) is 2.32. The molecule has 0 aliphatic carbocycles. The highest BCUT2D eigenvalue weighted by atomic mass is 79.9. The van der Waals surface area contributed by atoms with Crippen LogP contribution in [-0.4, -0.2) is 31.0 Å². The predicted molar refractivity (Wildman–Crippen MR) is 70.8 cm³/mol. The summed E-state index contributed by atoms with van der Waals surface area (Å²) < 4.78 is 6.39. The van der Waals surface area contributed by atoms with E-state index in [4.69, 9.17) is 10.5 Å². The van der Waals surface area contributed by atoms with Crippen LogP contribution in [0.15, 0.2) is 22.7 Å². The minimum atomic E-state index is -0.509. The van der Waals surface area contributed by atoms with E-state index in [0.717, 1.165) is 10.0 Å². The molecule has 1 amide bonds. The van der Waals surface area contributed by atoms with E-state index in [9.17, 15) is 4.79 Å². The molecule has 4 nitrogen and oxygen atoms in total. The van der Waals surface area contributed by atoms with Crippen LogP contribution in [0.4, 0.5) is 0 Å². The van der Waals surface area contributed by atoms with Gasteiger partial charge in [-0.15, -0.1) is 0 Å². The van der Waals surface area contributed by atoms with Gasteiger partial charge in [-0.2, -0.15) is 0 Å². The van der Waals surface area contributed by atoms with E-state index in [1.165, 1.54) is 4.90 Å². The molecule has 17 heavy (non-hydrogen) atoms. The van der Waals surface area contributed by atoms with Gasteiger partial charge in [0.25, 0.3) is 5.91 Å². The van der Waals surface area contributed by atoms with Crippen LogP contribution in [0.2, 0.25) is 0 Å². The average Bonchev–Trinajstić information content (AvgIpc) is 2.30. The summed E-state index contributed by atoms with van der Waals surface area (Å²) in [6.07, 6.45) is -0.509. The van der Waals surface area contributed by atoms with E-state index >= 15 is 0 Å². The zero-order valence-corrected chi connectivity index (χ0v) is 11.8. The van der Waals surface area contributed by atoms with E-state index in [-0.39, 0.29) is 5.91 Å². The Morgan fingerprint density at radius 1 is 1.53 bits per heavy atom. The molecule has 1 atom stereocenters. The SMILES string of the molecule is CC(Oc1ccc(CN)cc1Br)C(=O)N(C)C. The summed E-state index contributed by atoms with van der Waals surface area (Å²) in [5, 5.41) is 0. The van der Waals surface area contributed by atoms with Crippen molar-refractivity contribution >= 4 is 21.8 Å². The van der Waals surface area contributed by atoms with E-state index < -0.39 is 6.10 Å². The van der Waals surface area contributed by atoms with Gasteiger partial charge < -0.3 is 15.4 Å². The molecule has 0 spiro atoms. The number of rotatable bonds is 4. The lowest BCUT2D eigenvalue weighted by Crippen LogP contribution is -2.35. The van der Waals surface area contributed by atoms with Crippen LogP contribution in [0.3, 0.4) is 0 Å². The Bertz CT molecular complexity index is 407. The molecule has 0 fully saturated rings. The Labute approximate surface area is 110 Å². The number of nitrogens with two attached hydrogens (primary N) is 1. The second kappa shape index (κ2) is 6.02. The van der Waals surface area contributed by atoms with Crippen molar-refractivity contribution in [2.24, 2.45) is 5.73 Å². The fourth-order valence-corrected chi connectivity index (χ4v) is 1.89. The molecule has 0 saturated heterocycles. The first kappa shape index (κ1) is 14.0. The highest BCUT2D eigenvalue weighted by Crippen LogP contribution is 2.27. The smallest absolute Gasteiger partial charge is 0.262 e. The standard InChI is InChI=1S/C12H17BrN2O2/c1-8(12(16)15(2)3)17-11-5-4-9(7-14)6-10(11)13/h4-6,8H,7,14H2,1-3H3. The van der Waals surface area contributed by atoms with Crippen molar-refractivity contribution in [2.75, 3.05) is 14.1 Å². The molecule has 0 radical (unpaired) electrons. The molecule has 0 aromatic heterocycles. The average molecular weight is 301 g/mol. The van der Waals surface area contributed by atoms with Gasteiger partial charge in [0, 0.05) is 20.6 Å². The minimum absolute atomic E-state index is 0.0696. The summed E-state index contributed by atoms with van der Waals surface area (Å²) in [4.78, 5) is 13.2. The van der Waals surface area contributed by atoms with Crippen molar-refractivity contribution in [1.29, 1.82) is 0 Å². The number of benzene rings is 1. The van der Waals surface area contributed by atoms with Crippen molar-refractivity contribution < 1.29 is 9.53 Å². The molecule has 0 saturated carbocycles. The van der Waals surface area contributed by atoms with Gasteiger partial charge in [-0.1, -0.05) is 6.07 Å². The number of carbonyl (C=O) groups is 1. The highest BCUT2D eigenvalue weighted by molar-refractivity contribution is 9.10. The fraction of sp³-hybridized carbons (Fsp3) is 0.417. The molecule has 1 unspecified atom stereocenters. The Morgan fingerprint density at radius 3 is 2.65 bits per heavy atom. The number of nitrogens with zero attached hydrogens (tertiary/aromatic N) is 1. The molecule has 0 aliphatic rings. The molecule has 1 rings (SSSR count). The molecular formula is C12H17BrN2O2. The summed E-state index contributed by atoms with van der Waals surface area (Å²) >= 11 is 3.40. The lowest BCUT2D eigenvalue weighted by atomic mass is 10.2. The number of carbonyl (C=O) groups excluding carboxylic acids is 1. The summed E-state index contributed by atoms with van der Waals surface area (Å²) in [5.74, 6) is 0.574. The Morgan fingerprint density at radius 2 is 2.18 bits per heavy atom. The summed E-state index contributed by atoms with van der Waals surface area (Å²) in [7, 11) is 3.41. The second-order valence-corrected chi connectivity index (χ2v) is 4.82. The van der Waals surface area contributed by atoms with Crippen LogP contribution >= 0.6 is 15.9 Å². The van der Waals surface area contributed by atoms with Gasteiger partial charge in [-0.3, -0.25) is 4.79 Å². The van der Waals surface area contributed by atoms with Crippen LogP contribution in [0.1, 0.15) is 12.5 Å².